The molecule has 0 fully saturated rings. The molecule has 2 N–H and O–H groups in total. The van der Waals surface area contributed by atoms with Crippen molar-refractivity contribution in [1.82, 2.24) is 0 Å². The average Bonchev–Trinajstić information content (AvgIpc) is 2.10. The van der Waals surface area contributed by atoms with E-state index in [1.54, 1.807) is 19.1 Å². The van der Waals surface area contributed by atoms with Crippen molar-refractivity contribution in [2.75, 3.05) is 0 Å². The quantitative estimate of drug-likeness (QED) is 0.753. The summed E-state index contributed by atoms with van der Waals surface area (Å²) in [6.45, 7) is 1.69. The minimum atomic E-state index is -0.389. The van der Waals surface area contributed by atoms with Crippen LogP contribution in [0.15, 0.2) is 18.2 Å². The first-order valence-corrected chi connectivity index (χ1v) is 4.03. The lowest BCUT2D eigenvalue weighted by atomic mass is 10.0. The molecule has 1 aromatic carbocycles. The Bertz CT molecular complexity index is 341. The van der Waals surface area contributed by atoms with Crippen LogP contribution in [-0.2, 0) is 0 Å². The molecule has 1 atom stereocenters. The first kappa shape index (κ1) is 9.69. The van der Waals surface area contributed by atoms with E-state index in [0.717, 1.165) is 0 Å². The molecule has 0 radical (unpaired) electrons. The van der Waals surface area contributed by atoms with Gasteiger partial charge in [0.1, 0.15) is 5.82 Å². The summed E-state index contributed by atoms with van der Waals surface area (Å²) in [5.74, 6) is -0.272. The number of aryl methyl sites for hydroxylation is 1. The van der Waals surface area contributed by atoms with Gasteiger partial charge in [-0.15, -0.1) is 0 Å². The number of hydrogen-bond donors (Lipinski definition) is 1. The summed E-state index contributed by atoms with van der Waals surface area (Å²) in [6, 6.07) is 6.37. The molecule has 0 aliphatic rings. The Morgan fingerprint density at radius 3 is 2.85 bits per heavy atom. The van der Waals surface area contributed by atoms with Crippen LogP contribution < -0.4 is 5.73 Å². The Kier molecular flexibility index (Phi) is 2.99. The molecule has 0 aliphatic carbocycles. The molecule has 0 aromatic heterocycles. The highest BCUT2D eigenvalue weighted by Crippen LogP contribution is 2.16. The van der Waals surface area contributed by atoms with Crippen molar-refractivity contribution in [3.8, 4) is 6.07 Å². The molecular formula is C10H11FN2. The number of halogens is 1. The first-order chi connectivity index (χ1) is 6.15. The first-order valence-electron chi connectivity index (χ1n) is 4.03. The van der Waals surface area contributed by atoms with Crippen LogP contribution in [0.2, 0.25) is 0 Å². The van der Waals surface area contributed by atoms with Crippen LogP contribution in [-0.4, -0.2) is 0 Å². The lowest BCUT2D eigenvalue weighted by molar-refractivity contribution is 0.611. The van der Waals surface area contributed by atoms with Gasteiger partial charge in [-0.05, 0) is 24.1 Å². The summed E-state index contributed by atoms with van der Waals surface area (Å²) in [6.07, 6.45) is 0.211. The molecule has 0 saturated carbocycles. The predicted molar refractivity (Wildman–Crippen MR) is 48.3 cm³/mol. The number of rotatable bonds is 2. The van der Waals surface area contributed by atoms with Crippen LogP contribution in [0.3, 0.4) is 0 Å². The van der Waals surface area contributed by atoms with Crippen molar-refractivity contribution in [2.45, 2.75) is 19.4 Å². The molecule has 0 saturated heterocycles. The number of nitrogens with two attached hydrogens (primary N) is 1. The van der Waals surface area contributed by atoms with Crippen molar-refractivity contribution >= 4 is 0 Å². The van der Waals surface area contributed by atoms with Gasteiger partial charge in [0.2, 0.25) is 0 Å². The Hall–Kier alpha value is -1.40. The molecule has 1 aromatic rings. The fourth-order valence-electron chi connectivity index (χ4n) is 1.06. The highest BCUT2D eigenvalue weighted by Gasteiger charge is 2.06. The SMILES string of the molecule is Cc1ccc(C(N)CC#N)cc1F. The van der Waals surface area contributed by atoms with Gasteiger partial charge < -0.3 is 5.73 Å². The van der Waals surface area contributed by atoms with Gasteiger partial charge in [-0.1, -0.05) is 12.1 Å². The summed E-state index contributed by atoms with van der Waals surface area (Å²) < 4.78 is 13.0. The average molecular weight is 178 g/mol. The lowest BCUT2D eigenvalue weighted by Gasteiger charge is -2.08. The second kappa shape index (κ2) is 4.01. The highest BCUT2D eigenvalue weighted by molar-refractivity contribution is 5.26. The maximum absolute atomic E-state index is 13.0. The zero-order valence-electron chi connectivity index (χ0n) is 7.42. The normalized spacial score (nSPS) is 12.2. The number of benzene rings is 1. The molecule has 0 aliphatic heterocycles. The van der Waals surface area contributed by atoms with E-state index in [-0.39, 0.29) is 18.3 Å². The summed E-state index contributed by atoms with van der Waals surface area (Å²) in [5, 5.41) is 8.40. The van der Waals surface area contributed by atoms with E-state index < -0.39 is 0 Å². The van der Waals surface area contributed by atoms with Crippen LogP contribution in [0.1, 0.15) is 23.6 Å². The van der Waals surface area contributed by atoms with E-state index in [9.17, 15) is 4.39 Å². The van der Waals surface area contributed by atoms with Crippen LogP contribution in [0.4, 0.5) is 4.39 Å². The fourth-order valence-corrected chi connectivity index (χ4v) is 1.06. The van der Waals surface area contributed by atoms with E-state index in [0.29, 0.717) is 11.1 Å². The zero-order chi connectivity index (χ0) is 9.84. The number of nitrogens with zero attached hydrogens (tertiary/aromatic N) is 1. The van der Waals surface area contributed by atoms with E-state index in [2.05, 4.69) is 0 Å². The van der Waals surface area contributed by atoms with Gasteiger partial charge in [0.25, 0.3) is 0 Å². The van der Waals surface area contributed by atoms with Gasteiger partial charge >= 0.3 is 0 Å². The van der Waals surface area contributed by atoms with Crippen molar-refractivity contribution in [1.29, 1.82) is 5.26 Å². The van der Waals surface area contributed by atoms with E-state index in [4.69, 9.17) is 11.0 Å². The third kappa shape index (κ3) is 2.27. The molecule has 1 rings (SSSR count). The van der Waals surface area contributed by atoms with E-state index in [1.165, 1.54) is 6.07 Å². The molecule has 1 unspecified atom stereocenters. The number of hydrogen-bond acceptors (Lipinski definition) is 2. The van der Waals surface area contributed by atoms with Gasteiger partial charge in [-0.3, -0.25) is 0 Å². The third-order valence-electron chi connectivity index (χ3n) is 1.94. The minimum absolute atomic E-state index is 0.211. The smallest absolute Gasteiger partial charge is 0.126 e. The van der Waals surface area contributed by atoms with Gasteiger partial charge in [-0.25, -0.2) is 4.39 Å². The van der Waals surface area contributed by atoms with Gasteiger partial charge in [0.05, 0.1) is 12.5 Å². The lowest BCUT2D eigenvalue weighted by Crippen LogP contribution is -2.09. The summed E-state index contributed by atoms with van der Waals surface area (Å²) >= 11 is 0. The standard InChI is InChI=1S/C10H11FN2/c1-7-2-3-8(6-9(7)11)10(13)4-5-12/h2-3,6,10H,4,13H2,1H3. The third-order valence-corrected chi connectivity index (χ3v) is 1.94. The monoisotopic (exact) mass is 178 g/mol. The van der Waals surface area contributed by atoms with Crippen LogP contribution in [0.25, 0.3) is 0 Å². The molecule has 0 heterocycles. The maximum atomic E-state index is 13.0. The van der Waals surface area contributed by atoms with E-state index >= 15 is 0 Å². The summed E-state index contributed by atoms with van der Waals surface area (Å²) in [7, 11) is 0. The Balaban J connectivity index is 2.91. The van der Waals surface area contributed by atoms with Crippen molar-refractivity contribution in [2.24, 2.45) is 5.73 Å². The van der Waals surface area contributed by atoms with Crippen molar-refractivity contribution in [3.63, 3.8) is 0 Å². The van der Waals surface area contributed by atoms with Crippen LogP contribution in [0, 0.1) is 24.1 Å². The van der Waals surface area contributed by atoms with Crippen LogP contribution in [0.5, 0.6) is 0 Å². The van der Waals surface area contributed by atoms with Crippen molar-refractivity contribution in [3.05, 3.63) is 35.1 Å². The molecule has 68 valence electrons. The fraction of sp³-hybridized carbons (Fsp3) is 0.300. The predicted octanol–water partition coefficient (Wildman–Crippen LogP) is 2.05. The van der Waals surface area contributed by atoms with Gasteiger partial charge in [0.15, 0.2) is 0 Å². The molecule has 13 heavy (non-hydrogen) atoms. The molecule has 3 heteroatoms. The minimum Gasteiger partial charge on any atom is -0.323 e. The van der Waals surface area contributed by atoms with Gasteiger partial charge in [-0.2, -0.15) is 5.26 Å². The Morgan fingerprint density at radius 1 is 1.62 bits per heavy atom. The van der Waals surface area contributed by atoms with E-state index in [1.807, 2.05) is 6.07 Å². The maximum Gasteiger partial charge on any atom is 0.126 e. The molecule has 0 bridgehead atoms. The molecule has 0 amide bonds. The second-order valence-electron chi connectivity index (χ2n) is 2.98. The second-order valence-corrected chi connectivity index (χ2v) is 2.98. The topological polar surface area (TPSA) is 49.8 Å². The molecular weight excluding hydrogens is 167 g/mol. The Morgan fingerprint density at radius 2 is 2.31 bits per heavy atom. The summed E-state index contributed by atoms with van der Waals surface area (Å²) in [4.78, 5) is 0. The molecule has 2 nitrogen and oxygen atoms in total. The summed E-state index contributed by atoms with van der Waals surface area (Å²) in [5.41, 5.74) is 6.90. The molecule has 0 spiro atoms. The largest absolute Gasteiger partial charge is 0.323 e. The van der Waals surface area contributed by atoms with Crippen molar-refractivity contribution < 1.29 is 4.39 Å². The van der Waals surface area contributed by atoms with Crippen LogP contribution >= 0.6 is 0 Å². The Labute approximate surface area is 76.8 Å². The number of nitriles is 1. The highest BCUT2D eigenvalue weighted by atomic mass is 19.1. The van der Waals surface area contributed by atoms with Gasteiger partial charge in [0, 0.05) is 6.04 Å². The zero-order valence-corrected chi connectivity index (χ0v) is 7.42.